The van der Waals surface area contributed by atoms with Gasteiger partial charge in [0.25, 0.3) is 0 Å². The predicted molar refractivity (Wildman–Crippen MR) is 92.2 cm³/mol. The van der Waals surface area contributed by atoms with Crippen LogP contribution < -0.4 is 10.6 Å². The van der Waals surface area contributed by atoms with E-state index < -0.39 is 0 Å². The molecule has 2 N–H and O–H groups in total. The van der Waals surface area contributed by atoms with Crippen LogP contribution in [-0.4, -0.2) is 26.1 Å². The maximum Gasteiger partial charge on any atom is 0.191 e. The van der Waals surface area contributed by atoms with Gasteiger partial charge in [-0.05, 0) is 35.6 Å². The van der Waals surface area contributed by atoms with Gasteiger partial charge < -0.3 is 10.6 Å². The fourth-order valence-corrected chi connectivity index (χ4v) is 2.91. The van der Waals surface area contributed by atoms with Crippen LogP contribution >= 0.6 is 11.3 Å². The zero-order chi connectivity index (χ0) is 15.8. The van der Waals surface area contributed by atoms with Crippen LogP contribution in [0.25, 0.3) is 0 Å². The number of hydrogen-bond acceptors (Lipinski definition) is 2. The van der Waals surface area contributed by atoms with Gasteiger partial charge >= 0.3 is 0 Å². The topological polar surface area (TPSA) is 36.4 Å². The third kappa shape index (κ3) is 5.15. The predicted octanol–water partition coefficient (Wildman–Crippen LogP) is 3.40. The molecule has 3 nitrogen and oxygen atoms in total. The largest absolute Gasteiger partial charge is 0.356 e. The Kier molecular flexibility index (Phi) is 6.40. The van der Waals surface area contributed by atoms with Crippen LogP contribution in [0.1, 0.15) is 23.3 Å². The van der Waals surface area contributed by atoms with E-state index in [1.54, 1.807) is 18.4 Å². The molecule has 0 radical (unpaired) electrons. The third-order valence-corrected chi connectivity index (χ3v) is 4.55. The smallest absolute Gasteiger partial charge is 0.191 e. The monoisotopic (exact) mass is 319 g/mol. The number of halogens is 1. The molecule has 118 valence electrons. The fourth-order valence-electron chi connectivity index (χ4n) is 2.12. The van der Waals surface area contributed by atoms with Crippen molar-refractivity contribution in [3.8, 4) is 0 Å². The number of nitrogens with zero attached hydrogens (tertiary/aromatic N) is 1. The maximum atomic E-state index is 12.8. The maximum absolute atomic E-state index is 12.8. The lowest BCUT2D eigenvalue weighted by Gasteiger charge is -2.15. The highest BCUT2D eigenvalue weighted by molar-refractivity contribution is 7.10. The minimum atomic E-state index is -0.197. The van der Waals surface area contributed by atoms with Gasteiger partial charge in [-0.2, -0.15) is 0 Å². The van der Waals surface area contributed by atoms with E-state index in [1.807, 2.05) is 12.1 Å². The fraction of sp³-hybridized carbons (Fsp3) is 0.353. The normalized spacial score (nSPS) is 13.0. The van der Waals surface area contributed by atoms with E-state index in [1.165, 1.54) is 17.0 Å². The second kappa shape index (κ2) is 8.54. The molecule has 2 rings (SSSR count). The molecular formula is C17H22FN3S. The van der Waals surface area contributed by atoms with Crippen LogP contribution in [0.3, 0.4) is 0 Å². The van der Waals surface area contributed by atoms with Crippen molar-refractivity contribution in [3.63, 3.8) is 0 Å². The van der Waals surface area contributed by atoms with Gasteiger partial charge in [0.1, 0.15) is 5.82 Å². The summed E-state index contributed by atoms with van der Waals surface area (Å²) >= 11 is 1.78. The molecule has 1 heterocycles. The summed E-state index contributed by atoms with van der Waals surface area (Å²) < 4.78 is 12.8. The van der Waals surface area contributed by atoms with Crippen molar-refractivity contribution < 1.29 is 4.39 Å². The molecule has 5 heteroatoms. The Balaban J connectivity index is 1.72. The first-order valence-electron chi connectivity index (χ1n) is 7.41. The quantitative estimate of drug-likeness (QED) is 0.632. The van der Waals surface area contributed by atoms with E-state index in [0.29, 0.717) is 5.92 Å². The molecule has 0 saturated heterocycles. The van der Waals surface area contributed by atoms with E-state index in [4.69, 9.17) is 0 Å². The molecule has 1 atom stereocenters. The van der Waals surface area contributed by atoms with Crippen molar-refractivity contribution >= 4 is 17.3 Å². The average Bonchev–Trinajstić information content (AvgIpc) is 3.06. The van der Waals surface area contributed by atoms with E-state index in [-0.39, 0.29) is 5.82 Å². The van der Waals surface area contributed by atoms with Crippen LogP contribution in [0, 0.1) is 5.82 Å². The summed E-state index contributed by atoms with van der Waals surface area (Å²) in [5, 5.41) is 8.72. The molecule has 0 aliphatic rings. The van der Waals surface area contributed by atoms with Crippen molar-refractivity contribution in [3.05, 3.63) is 58.0 Å². The van der Waals surface area contributed by atoms with Crippen LogP contribution in [-0.2, 0) is 6.42 Å². The Bertz CT molecular complexity index is 578. The molecule has 0 amide bonds. The highest BCUT2D eigenvalue weighted by Crippen LogP contribution is 2.19. The number of guanidine groups is 1. The highest BCUT2D eigenvalue weighted by atomic mass is 32.1. The molecule has 0 saturated carbocycles. The Hall–Kier alpha value is -1.88. The van der Waals surface area contributed by atoms with Gasteiger partial charge in [-0.25, -0.2) is 4.39 Å². The minimum Gasteiger partial charge on any atom is -0.356 e. The van der Waals surface area contributed by atoms with E-state index in [0.717, 1.165) is 31.0 Å². The summed E-state index contributed by atoms with van der Waals surface area (Å²) in [5.74, 6) is 1.05. The van der Waals surface area contributed by atoms with Gasteiger partial charge in [-0.3, -0.25) is 4.99 Å². The van der Waals surface area contributed by atoms with Gasteiger partial charge in [0.15, 0.2) is 5.96 Å². The van der Waals surface area contributed by atoms with Gasteiger partial charge in [0.05, 0.1) is 0 Å². The van der Waals surface area contributed by atoms with Crippen LogP contribution in [0.5, 0.6) is 0 Å². The molecule has 1 aromatic carbocycles. The second-order valence-corrected chi connectivity index (χ2v) is 6.15. The number of aliphatic imine (C=N–C) groups is 1. The number of nitrogens with one attached hydrogen (secondary N) is 2. The van der Waals surface area contributed by atoms with Crippen molar-refractivity contribution in [2.24, 2.45) is 4.99 Å². The zero-order valence-electron chi connectivity index (χ0n) is 13.0. The Morgan fingerprint density at radius 1 is 1.23 bits per heavy atom. The number of benzene rings is 1. The standard InChI is InChI=1S/C17H22FN3S/c1-13(16-4-3-11-22-16)12-21-17(19-2)20-10-9-14-5-7-15(18)8-6-14/h3-8,11,13H,9-10,12H2,1-2H3,(H2,19,20,21). The van der Waals surface area contributed by atoms with Crippen LogP contribution in [0.2, 0.25) is 0 Å². The Morgan fingerprint density at radius 2 is 2.00 bits per heavy atom. The first-order chi connectivity index (χ1) is 10.7. The van der Waals surface area contributed by atoms with E-state index in [2.05, 4.69) is 40.1 Å². The lowest BCUT2D eigenvalue weighted by molar-refractivity contribution is 0.626. The van der Waals surface area contributed by atoms with E-state index >= 15 is 0 Å². The first kappa shape index (κ1) is 16.5. The van der Waals surface area contributed by atoms with Gasteiger partial charge in [-0.15, -0.1) is 11.3 Å². The second-order valence-electron chi connectivity index (χ2n) is 5.17. The lowest BCUT2D eigenvalue weighted by Crippen LogP contribution is -2.39. The number of hydrogen-bond donors (Lipinski definition) is 2. The van der Waals surface area contributed by atoms with Crippen molar-refractivity contribution in [2.75, 3.05) is 20.1 Å². The summed E-state index contributed by atoms with van der Waals surface area (Å²) in [4.78, 5) is 5.59. The summed E-state index contributed by atoms with van der Waals surface area (Å²) in [6.45, 7) is 3.81. The van der Waals surface area contributed by atoms with Crippen molar-refractivity contribution in [1.82, 2.24) is 10.6 Å². The molecule has 0 bridgehead atoms. The SMILES string of the molecule is CN=C(NCCc1ccc(F)cc1)NCC(C)c1cccs1. The Morgan fingerprint density at radius 3 is 2.64 bits per heavy atom. The third-order valence-electron chi connectivity index (χ3n) is 3.45. The summed E-state index contributed by atoms with van der Waals surface area (Å²) in [5.41, 5.74) is 1.11. The summed E-state index contributed by atoms with van der Waals surface area (Å²) in [7, 11) is 1.77. The lowest BCUT2D eigenvalue weighted by atomic mass is 10.1. The number of thiophene rings is 1. The summed E-state index contributed by atoms with van der Waals surface area (Å²) in [6, 6.07) is 10.8. The molecule has 0 aliphatic carbocycles. The average molecular weight is 319 g/mol. The molecule has 0 spiro atoms. The highest BCUT2D eigenvalue weighted by Gasteiger charge is 2.07. The minimum absolute atomic E-state index is 0.197. The van der Waals surface area contributed by atoms with Gasteiger partial charge in [-0.1, -0.05) is 25.1 Å². The first-order valence-corrected chi connectivity index (χ1v) is 8.29. The van der Waals surface area contributed by atoms with Crippen molar-refractivity contribution in [1.29, 1.82) is 0 Å². The molecule has 22 heavy (non-hydrogen) atoms. The van der Waals surface area contributed by atoms with E-state index in [9.17, 15) is 4.39 Å². The van der Waals surface area contributed by atoms with Crippen LogP contribution in [0.4, 0.5) is 4.39 Å². The number of rotatable bonds is 6. The van der Waals surface area contributed by atoms with Gasteiger partial charge in [0, 0.05) is 30.9 Å². The molecule has 2 aromatic rings. The molecule has 1 unspecified atom stereocenters. The molecule has 0 fully saturated rings. The van der Waals surface area contributed by atoms with Gasteiger partial charge in [0.2, 0.25) is 0 Å². The molecule has 1 aromatic heterocycles. The zero-order valence-corrected chi connectivity index (χ0v) is 13.8. The summed E-state index contributed by atoms with van der Waals surface area (Å²) in [6.07, 6.45) is 0.835. The molecule has 0 aliphatic heterocycles. The Labute approximate surface area is 135 Å². The van der Waals surface area contributed by atoms with Crippen LogP contribution in [0.15, 0.2) is 46.8 Å². The molecular weight excluding hydrogens is 297 g/mol. The van der Waals surface area contributed by atoms with Crippen molar-refractivity contribution in [2.45, 2.75) is 19.3 Å².